The number of aliphatic hydroxyl groups is 1. The van der Waals surface area contributed by atoms with E-state index in [0.29, 0.717) is 0 Å². The Balaban J connectivity index is 2.18. The second-order valence-electron chi connectivity index (χ2n) is 4.91. The highest BCUT2D eigenvalue weighted by Crippen LogP contribution is 2.11. The van der Waals surface area contributed by atoms with Crippen LogP contribution in [0.15, 0.2) is 24.3 Å². The molecule has 0 unspecified atom stereocenters. The van der Waals surface area contributed by atoms with E-state index in [9.17, 15) is 5.11 Å². The minimum absolute atomic E-state index is 0.576. The number of hydrogen-bond acceptors (Lipinski definition) is 3. The summed E-state index contributed by atoms with van der Waals surface area (Å²) >= 11 is 0. The molecule has 0 radical (unpaired) electrons. The van der Waals surface area contributed by atoms with E-state index < -0.39 is 5.60 Å². The molecule has 3 heteroatoms. The van der Waals surface area contributed by atoms with Crippen LogP contribution in [0.3, 0.4) is 0 Å². The van der Waals surface area contributed by atoms with Crippen LogP contribution in [0.2, 0.25) is 0 Å². The van der Waals surface area contributed by atoms with Crippen LogP contribution in [-0.4, -0.2) is 30.9 Å². The van der Waals surface area contributed by atoms with Crippen LogP contribution in [0.5, 0.6) is 5.75 Å². The van der Waals surface area contributed by atoms with E-state index in [0.717, 1.165) is 31.7 Å². The fourth-order valence-electron chi connectivity index (χ4n) is 1.54. The normalized spacial score (nSPS) is 11.5. The molecule has 0 saturated heterocycles. The van der Waals surface area contributed by atoms with Gasteiger partial charge in [0.25, 0.3) is 0 Å². The molecule has 1 aromatic rings. The van der Waals surface area contributed by atoms with Crippen molar-refractivity contribution in [2.45, 2.75) is 32.3 Å². The number of methoxy groups -OCH3 is 1. The lowest BCUT2D eigenvalue weighted by molar-refractivity contribution is 0.0713. The molecular weight excluding hydrogens is 214 g/mol. The van der Waals surface area contributed by atoms with Gasteiger partial charge >= 0.3 is 0 Å². The maximum Gasteiger partial charge on any atom is 0.118 e. The molecule has 0 atom stereocenters. The predicted octanol–water partition coefficient (Wildman–Crippen LogP) is 1.99. The van der Waals surface area contributed by atoms with Crippen molar-refractivity contribution in [2.24, 2.45) is 0 Å². The van der Waals surface area contributed by atoms with Crippen LogP contribution in [0.1, 0.15) is 25.8 Å². The van der Waals surface area contributed by atoms with Gasteiger partial charge in [-0.15, -0.1) is 0 Å². The summed E-state index contributed by atoms with van der Waals surface area (Å²) < 4.78 is 5.11. The Morgan fingerprint density at radius 3 is 2.35 bits per heavy atom. The fraction of sp³-hybridized carbons (Fsp3) is 0.571. The van der Waals surface area contributed by atoms with Crippen LogP contribution in [-0.2, 0) is 6.42 Å². The molecule has 0 amide bonds. The zero-order valence-electron chi connectivity index (χ0n) is 11.0. The molecular formula is C14H23NO2. The number of hydrogen-bond donors (Lipinski definition) is 2. The van der Waals surface area contributed by atoms with Gasteiger partial charge in [0.2, 0.25) is 0 Å². The Labute approximate surface area is 104 Å². The van der Waals surface area contributed by atoms with Crippen molar-refractivity contribution >= 4 is 0 Å². The molecule has 0 aliphatic carbocycles. The zero-order valence-corrected chi connectivity index (χ0v) is 11.0. The first-order chi connectivity index (χ1) is 8.01. The van der Waals surface area contributed by atoms with Crippen LogP contribution >= 0.6 is 0 Å². The quantitative estimate of drug-likeness (QED) is 0.713. The number of rotatable bonds is 7. The molecule has 1 rings (SSSR count). The molecule has 96 valence electrons. The van der Waals surface area contributed by atoms with Crippen molar-refractivity contribution in [3.8, 4) is 5.75 Å². The Morgan fingerprint density at radius 1 is 1.18 bits per heavy atom. The molecule has 0 spiro atoms. The van der Waals surface area contributed by atoms with Gasteiger partial charge in [0.1, 0.15) is 5.75 Å². The molecule has 0 aliphatic rings. The second-order valence-corrected chi connectivity index (χ2v) is 4.91. The molecule has 0 fully saturated rings. The average Bonchev–Trinajstić information content (AvgIpc) is 2.28. The van der Waals surface area contributed by atoms with Gasteiger partial charge in [-0.05, 0) is 57.5 Å². The lowest BCUT2D eigenvalue weighted by Gasteiger charge is -2.16. The maximum atomic E-state index is 9.54. The SMILES string of the molecule is COc1ccc(CCNCCC(C)(C)O)cc1. The highest BCUT2D eigenvalue weighted by molar-refractivity contribution is 5.27. The summed E-state index contributed by atoms with van der Waals surface area (Å²) in [5, 5.41) is 12.9. The minimum Gasteiger partial charge on any atom is -0.497 e. The van der Waals surface area contributed by atoms with Crippen molar-refractivity contribution in [2.75, 3.05) is 20.2 Å². The molecule has 0 aliphatic heterocycles. The standard InChI is InChI=1S/C14H23NO2/c1-14(2,16)9-11-15-10-8-12-4-6-13(17-3)7-5-12/h4-7,15-16H,8-11H2,1-3H3. The summed E-state index contributed by atoms with van der Waals surface area (Å²) in [6.45, 7) is 5.44. The van der Waals surface area contributed by atoms with Gasteiger partial charge in [-0.25, -0.2) is 0 Å². The predicted molar refractivity (Wildman–Crippen MR) is 70.5 cm³/mol. The summed E-state index contributed by atoms with van der Waals surface area (Å²) in [6.07, 6.45) is 1.77. The smallest absolute Gasteiger partial charge is 0.118 e. The van der Waals surface area contributed by atoms with Crippen LogP contribution < -0.4 is 10.1 Å². The van der Waals surface area contributed by atoms with E-state index in [1.165, 1.54) is 5.56 Å². The largest absolute Gasteiger partial charge is 0.497 e. The van der Waals surface area contributed by atoms with Crippen molar-refractivity contribution in [1.29, 1.82) is 0 Å². The fourth-order valence-corrected chi connectivity index (χ4v) is 1.54. The van der Waals surface area contributed by atoms with E-state index in [1.54, 1.807) is 7.11 Å². The lowest BCUT2D eigenvalue weighted by Crippen LogP contribution is -2.27. The van der Waals surface area contributed by atoms with Crippen LogP contribution in [0.4, 0.5) is 0 Å². The number of ether oxygens (including phenoxy) is 1. The lowest BCUT2D eigenvalue weighted by atomic mass is 10.1. The van der Waals surface area contributed by atoms with E-state index in [4.69, 9.17) is 4.74 Å². The van der Waals surface area contributed by atoms with Gasteiger partial charge in [-0.3, -0.25) is 0 Å². The summed E-state index contributed by atoms with van der Waals surface area (Å²) in [7, 11) is 1.67. The van der Waals surface area contributed by atoms with Gasteiger partial charge in [-0.1, -0.05) is 12.1 Å². The highest BCUT2D eigenvalue weighted by Gasteiger charge is 2.10. The molecule has 0 bridgehead atoms. The van der Waals surface area contributed by atoms with Crippen molar-refractivity contribution < 1.29 is 9.84 Å². The van der Waals surface area contributed by atoms with Crippen molar-refractivity contribution in [3.63, 3.8) is 0 Å². The highest BCUT2D eigenvalue weighted by atomic mass is 16.5. The molecule has 0 saturated carbocycles. The van der Waals surface area contributed by atoms with E-state index in [-0.39, 0.29) is 0 Å². The van der Waals surface area contributed by atoms with E-state index in [1.807, 2.05) is 26.0 Å². The van der Waals surface area contributed by atoms with Gasteiger partial charge in [-0.2, -0.15) is 0 Å². The second kappa shape index (κ2) is 6.62. The average molecular weight is 237 g/mol. The Morgan fingerprint density at radius 2 is 1.82 bits per heavy atom. The summed E-state index contributed by atoms with van der Waals surface area (Å²) in [4.78, 5) is 0. The third-order valence-electron chi connectivity index (χ3n) is 2.66. The third kappa shape index (κ3) is 6.29. The first kappa shape index (κ1) is 14.0. The first-order valence-electron chi connectivity index (χ1n) is 6.07. The minimum atomic E-state index is -0.576. The molecule has 17 heavy (non-hydrogen) atoms. The number of benzene rings is 1. The maximum absolute atomic E-state index is 9.54. The molecule has 1 aromatic carbocycles. The van der Waals surface area contributed by atoms with Crippen molar-refractivity contribution in [3.05, 3.63) is 29.8 Å². The zero-order chi connectivity index (χ0) is 12.7. The first-order valence-corrected chi connectivity index (χ1v) is 6.07. The van der Waals surface area contributed by atoms with Crippen LogP contribution in [0, 0.1) is 0 Å². The van der Waals surface area contributed by atoms with Gasteiger partial charge in [0.15, 0.2) is 0 Å². The van der Waals surface area contributed by atoms with Crippen LogP contribution in [0.25, 0.3) is 0 Å². The van der Waals surface area contributed by atoms with E-state index in [2.05, 4.69) is 17.4 Å². The Hall–Kier alpha value is -1.06. The summed E-state index contributed by atoms with van der Waals surface area (Å²) in [5.74, 6) is 0.892. The molecule has 3 nitrogen and oxygen atoms in total. The van der Waals surface area contributed by atoms with Crippen molar-refractivity contribution in [1.82, 2.24) is 5.32 Å². The van der Waals surface area contributed by atoms with E-state index >= 15 is 0 Å². The van der Waals surface area contributed by atoms with Gasteiger partial charge in [0, 0.05) is 0 Å². The van der Waals surface area contributed by atoms with Gasteiger partial charge in [0.05, 0.1) is 12.7 Å². The number of nitrogens with one attached hydrogen (secondary N) is 1. The molecule has 0 heterocycles. The monoisotopic (exact) mass is 237 g/mol. The Bertz CT molecular complexity index is 314. The molecule has 0 aromatic heterocycles. The summed E-state index contributed by atoms with van der Waals surface area (Å²) in [6, 6.07) is 8.12. The molecule has 2 N–H and O–H groups in total. The van der Waals surface area contributed by atoms with Gasteiger partial charge < -0.3 is 15.2 Å². The Kier molecular flexibility index (Phi) is 5.45. The third-order valence-corrected chi connectivity index (χ3v) is 2.66. The topological polar surface area (TPSA) is 41.5 Å². The summed E-state index contributed by atoms with van der Waals surface area (Å²) in [5.41, 5.74) is 0.717.